The lowest BCUT2D eigenvalue weighted by Gasteiger charge is -2.50. The first-order valence-electron chi connectivity index (χ1n) is 8.53. The summed E-state index contributed by atoms with van der Waals surface area (Å²) in [4.78, 5) is 0. The lowest BCUT2D eigenvalue weighted by Crippen LogP contribution is -2.69. The van der Waals surface area contributed by atoms with Crippen LogP contribution in [0.15, 0.2) is 48.5 Å². The van der Waals surface area contributed by atoms with Crippen LogP contribution in [0.1, 0.15) is 43.7 Å². The molecule has 130 valence electrons. The molecule has 2 heterocycles. The van der Waals surface area contributed by atoms with Gasteiger partial charge in [0.2, 0.25) is 0 Å². The van der Waals surface area contributed by atoms with Crippen molar-refractivity contribution in [1.82, 2.24) is 10.6 Å². The summed E-state index contributed by atoms with van der Waals surface area (Å²) in [6.07, 6.45) is 1.54. The summed E-state index contributed by atoms with van der Waals surface area (Å²) < 4.78 is 6.40. The monoisotopic (exact) mass is 354 g/mol. The van der Waals surface area contributed by atoms with Crippen LogP contribution in [-0.2, 0) is 0 Å². The average molecular weight is 354 g/mol. The number of hydrogen-bond donors (Lipinski definition) is 3. The van der Waals surface area contributed by atoms with E-state index in [1.54, 1.807) is 12.1 Å². The van der Waals surface area contributed by atoms with Crippen molar-refractivity contribution in [3.05, 3.63) is 59.7 Å². The third-order valence-electron chi connectivity index (χ3n) is 4.93. The van der Waals surface area contributed by atoms with E-state index in [0.29, 0.717) is 10.9 Å². The normalized spacial score (nSPS) is 27.0. The molecule has 0 aromatic heterocycles. The van der Waals surface area contributed by atoms with Gasteiger partial charge in [0.05, 0.1) is 0 Å². The van der Waals surface area contributed by atoms with E-state index in [9.17, 15) is 5.11 Å². The molecule has 1 saturated heterocycles. The first-order chi connectivity index (χ1) is 11.9. The fourth-order valence-electron chi connectivity index (χ4n) is 4.11. The Morgan fingerprint density at radius 2 is 1.88 bits per heavy atom. The molecule has 0 unspecified atom stereocenters. The molecule has 5 heteroatoms. The van der Waals surface area contributed by atoms with E-state index < -0.39 is 5.72 Å². The van der Waals surface area contributed by atoms with Crippen LogP contribution >= 0.6 is 12.2 Å². The Hall–Kier alpha value is -2.27. The molecule has 2 aliphatic rings. The van der Waals surface area contributed by atoms with Crippen LogP contribution in [0.25, 0.3) is 0 Å². The molecule has 0 bridgehead atoms. The Bertz CT molecular complexity index is 822. The second kappa shape index (κ2) is 5.63. The molecule has 3 N–H and O–H groups in total. The molecule has 1 spiro atoms. The summed E-state index contributed by atoms with van der Waals surface area (Å²) in [6, 6.07) is 15.8. The number of phenols is 1. The van der Waals surface area contributed by atoms with E-state index in [1.165, 1.54) is 5.56 Å². The largest absolute Gasteiger partial charge is 0.508 e. The van der Waals surface area contributed by atoms with Crippen molar-refractivity contribution in [2.75, 3.05) is 0 Å². The van der Waals surface area contributed by atoms with Crippen LogP contribution in [-0.4, -0.2) is 21.5 Å². The van der Waals surface area contributed by atoms with Crippen LogP contribution in [0.4, 0.5) is 0 Å². The number of nitrogens with one attached hydrogen (secondary N) is 2. The van der Waals surface area contributed by atoms with Crippen molar-refractivity contribution in [1.29, 1.82) is 0 Å². The SMILES string of the molecule is CC1(C)C[C@@]2(C[C@@H](c3ccccc3)c3ccc(O)cc3O2)NC(=S)N1. The van der Waals surface area contributed by atoms with Crippen molar-refractivity contribution in [3.63, 3.8) is 0 Å². The van der Waals surface area contributed by atoms with Crippen molar-refractivity contribution >= 4 is 17.3 Å². The Balaban J connectivity index is 1.82. The van der Waals surface area contributed by atoms with Gasteiger partial charge < -0.3 is 20.5 Å². The molecule has 25 heavy (non-hydrogen) atoms. The van der Waals surface area contributed by atoms with Gasteiger partial charge in [0.15, 0.2) is 10.8 Å². The maximum Gasteiger partial charge on any atom is 0.185 e. The number of benzene rings is 2. The van der Waals surface area contributed by atoms with Gasteiger partial charge in [0.25, 0.3) is 0 Å². The zero-order valence-electron chi connectivity index (χ0n) is 14.4. The minimum atomic E-state index is -0.590. The minimum Gasteiger partial charge on any atom is -0.508 e. The van der Waals surface area contributed by atoms with Gasteiger partial charge in [-0.15, -0.1) is 0 Å². The molecular weight excluding hydrogens is 332 g/mol. The Morgan fingerprint density at radius 3 is 2.60 bits per heavy atom. The number of ether oxygens (including phenoxy) is 1. The van der Waals surface area contributed by atoms with Crippen molar-refractivity contribution in [2.45, 2.75) is 43.9 Å². The molecule has 4 nitrogen and oxygen atoms in total. The predicted molar refractivity (Wildman–Crippen MR) is 102 cm³/mol. The zero-order chi connectivity index (χ0) is 17.7. The quantitative estimate of drug-likeness (QED) is 0.683. The van der Waals surface area contributed by atoms with Gasteiger partial charge in [-0.1, -0.05) is 36.4 Å². The first kappa shape index (κ1) is 16.2. The van der Waals surface area contributed by atoms with E-state index in [2.05, 4.69) is 48.7 Å². The van der Waals surface area contributed by atoms with E-state index in [4.69, 9.17) is 17.0 Å². The van der Waals surface area contributed by atoms with E-state index in [1.807, 2.05) is 12.1 Å². The van der Waals surface area contributed by atoms with Gasteiger partial charge in [-0.2, -0.15) is 0 Å². The average Bonchev–Trinajstić information content (AvgIpc) is 2.52. The second-order valence-corrected chi connectivity index (χ2v) is 8.03. The molecule has 2 aromatic rings. The van der Waals surface area contributed by atoms with Crippen LogP contribution in [0.5, 0.6) is 11.5 Å². The number of thiocarbonyl (C=S) groups is 1. The van der Waals surface area contributed by atoms with Crippen LogP contribution in [0.3, 0.4) is 0 Å². The highest BCUT2D eigenvalue weighted by atomic mass is 32.1. The van der Waals surface area contributed by atoms with Crippen molar-refractivity contribution < 1.29 is 9.84 Å². The molecule has 0 aliphatic carbocycles. The number of aromatic hydroxyl groups is 1. The van der Waals surface area contributed by atoms with Crippen LogP contribution < -0.4 is 15.4 Å². The molecule has 2 aliphatic heterocycles. The molecule has 0 radical (unpaired) electrons. The van der Waals surface area contributed by atoms with Gasteiger partial charge >= 0.3 is 0 Å². The topological polar surface area (TPSA) is 53.5 Å². The Morgan fingerprint density at radius 1 is 1.12 bits per heavy atom. The van der Waals surface area contributed by atoms with E-state index in [-0.39, 0.29) is 17.2 Å². The molecule has 4 rings (SSSR count). The first-order valence-corrected chi connectivity index (χ1v) is 8.94. The maximum atomic E-state index is 9.95. The van der Waals surface area contributed by atoms with Gasteiger partial charge in [-0.3, -0.25) is 0 Å². The van der Waals surface area contributed by atoms with Gasteiger partial charge in [0, 0.05) is 35.9 Å². The Labute approximate surface area is 153 Å². The zero-order valence-corrected chi connectivity index (χ0v) is 15.2. The summed E-state index contributed by atoms with van der Waals surface area (Å²) >= 11 is 5.44. The van der Waals surface area contributed by atoms with Gasteiger partial charge in [-0.25, -0.2) is 0 Å². The fraction of sp³-hybridized carbons (Fsp3) is 0.350. The summed E-state index contributed by atoms with van der Waals surface area (Å²) in [5, 5.41) is 17.2. The highest BCUT2D eigenvalue weighted by Gasteiger charge is 2.48. The Kier molecular flexibility index (Phi) is 3.65. The number of fused-ring (bicyclic) bond motifs is 1. The summed E-state index contributed by atoms with van der Waals surface area (Å²) in [5.41, 5.74) is 1.57. The van der Waals surface area contributed by atoms with Crippen LogP contribution in [0, 0.1) is 0 Å². The second-order valence-electron chi connectivity index (χ2n) is 7.63. The smallest absolute Gasteiger partial charge is 0.185 e. The standard InChI is InChI=1S/C20H22N2O2S/c1-19(2)12-20(22-18(25)21-19)11-16(13-6-4-3-5-7-13)15-9-8-14(23)10-17(15)24-20/h3-10,16,23H,11-12H2,1-2H3,(H2,21,22,25)/t16-,20-/m0/s1. The fourth-order valence-corrected chi connectivity index (χ4v) is 4.57. The van der Waals surface area contributed by atoms with Crippen molar-refractivity contribution in [3.8, 4) is 11.5 Å². The lowest BCUT2D eigenvalue weighted by atomic mass is 9.77. The summed E-state index contributed by atoms with van der Waals surface area (Å²) in [6.45, 7) is 4.25. The predicted octanol–water partition coefficient (Wildman–Crippen LogP) is 3.65. The molecule has 1 fully saturated rings. The summed E-state index contributed by atoms with van der Waals surface area (Å²) in [7, 11) is 0. The highest BCUT2D eigenvalue weighted by molar-refractivity contribution is 7.80. The van der Waals surface area contributed by atoms with Gasteiger partial charge in [-0.05, 0) is 37.7 Å². The van der Waals surface area contributed by atoms with Crippen LogP contribution in [0.2, 0.25) is 0 Å². The molecule has 0 amide bonds. The summed E-state index contributed by atoms with van der Waals surface area (Å²) in [5.74, 6) is 1.10. The molecule has 2 aromatic carbocycles. The minimum absolute atomic E-state index is 0.169. The van der Waals surface area contributed by atoms with Gasteiger partial charge in [0.1, 0.15) is 11.5 Å². The molecule has 2 atom stereocenters. The third kappa shape index (κ3) is 3.04. The number of hydrogen-bond acceptors (Lipinski definition) is 3. The van der Waals surface area contributed by atoms with E-state index >= 15 is 0 Å². The third-order valence-corrected chi connectivity index (χ3v) is 5.14. The van der Waals surface area contributed by atoms with E-state index in [0.717, 1.165) is 18.4 Å². The molecular formula is C20H22N2O2S. The highest BCUT2D eigenvalue weighted by Crippen LogP contribution is 2.47. The molecule has 0 saturated carbocycles. The lowest BCUT2D eigenvalue weighted by molar-refractivity contribution is -0.0128. The van der Waals surface area contributed by atoms with Crippen molar-refractivity contribution in [2.24, 2.45) is 0 Å². The number of rotatable bonds is 1. The number of phenolic OH excluding ortho intramolecular Hbond substituents is 1. The maximum absolute atomic E-state index is 9.95.